The number of carboxylic acid groups (broad SMARTS) is 1. The Morgan fingerprint density at radius 2 is 1.42 bits per heavy atom. The number of rotatable bonds is 14. The Morgan fingerprint density at radius 1 is 0.833 bits per heavy atom. The second kappa shape index (κ2) is 16.2. The SMILES string of the molecule is CCC(O)C(O)CCCCCCC/C=C/C=C/C=C/C=C/C(=O)O. The van der Waals surface area contributed by atoms with E-state index in [-0.39, 0.29) is 0 Å². The Hall–Kier alpha value is -1.65. The van der Waals surface area contributed by atoms with Crippen LogP contribution in [0.3, 0.4) is 0 Å². The Bertz CT molecular complexity index is 421. The largest absolute Gasteiger partial charge is 0.478 e. The first-order valence-corrected chi connectivity index (χ1v) is 8.83. The molecule has 2 atom stereocenters. The van der Waals surface area contributed by atoms with E-state index >= 15 is 0 Å². The van der Waals surface area contributed by atoms with E-state index in [1.165, 1.54) is 12.5 Å². The first kappa shape index (κ1) is 22.4. The van der Waals surface area contributed by atoms with Crippen LogP contribution in [0.1, 0.15) is 58.3 Å². The second-order valence-electron chi connectivity index (χ2n) is 5.78. The van der Waals surface area contributed by atoms with Crippen molar-refractivity contribution < 1.29 is 20.1 Å². The topological polar surface area (TPSA) is 77.8 Å². The number of carboxylic acids is 1. The number of hydrogen-bond donors (Lipinski definition) is 3. The number of allylic oxidation sites excluding steroid dienone is 7. The Morgan fingerprint density at radius 3 is 2.08 bits per heavy atom. The second-order valence-corrected chi connectivity index (χ2v) is 5.78. The number of aliphatic hydroxyl groups is 2. The third-order valence-corrected chi connectivity index (χ3v) is 3.66. The molecule has 0 rings (SSSR count). The van der Waals surface area contributed by atoms with Gasteiger partial charge in [-0.3, -0.25) is 0 Å². The van der Waals surface area contributed by atoms with Gasteiger partial charge >= 0.3 is 5.97 Å². The van der Waals surface area contributed by atoms with Gasteiger partial charge in [0.05, 0.1) is 12.2 Å². The molecule has 0 aliphatic carbocycles. The smallest absolute Gasteiger partial charge is 0.328 e. The molecule has 136 valence electrons. The van der Waals surface area contributed by atoms with Crippen LogP contribution in [0.15, 0.2) is 48.6 Å². The van der Waals surface area contributed by atoms with E-state index in [1.54, 1.807) is 12.2 Å². The molecular formula is C20H32O4. The number of carbonyl (C=O) groups is 1. The van der Waals surface area contributed by atoms with Crippen LogP contribution in [-0.2, 0) is 4.79 Å². The van der Waals surface area contributed by atoms with Crippen molar-refractivity contribution in [3.63, 3.8) is 0 Å². The summed E-state index contributed by atoms with van der Waals surface area (Å²) >= 11 is 0. The molecule has 0 spiro atoms. The van der Waals surface area contributed by atoms with Gasteiger partial charge in [-0.05, 0) is 25.7 Å². The quantitative estimate of drug-likeness (QED) is 0.253. The number of unbranched alkanes of at least 4 members (excludes halogenated alkanes) is 5. The van der Waals surface area contributed by atoms with Crippen molar-refractivity contribution in [1.82, 2.24) is 0 Å². The van der Waals surface area contributed by atoms with Gasteiger partial charge < -0.3 is 15.3 Å². The summed E-state index contributed by atoms with van der Waals surface area (Å²) in [6, 6.07) is 0. The molecule has 4 heteroatoms. The van der Waals surface area contributed by atoms with Crippen LogP contribution in [-0.4, -0.2) is 33.5 Å². The van der Waals surface area contributed by atoms with Crippen molar-refractivity contribution in [2.24, 2.45) is 0 Å². The Balaban J connectivity index is 3.48. The van der Waals surface area contributed by atoms with Gasteiger partial charge in [0.15, 0.2) is 0 Å². The van der Waals surface area contributed by atoms with E-state index < -0.39 is 18.2 Å². The summed E-state index contributed by atoms with van der Waals surface area (Å²) in [4.78, 5) is 10.2. The number of aliphatic carboxylic acids is 1. The molecule has 0 aliphatic heterocycles. The molecule has 2 unspecified atom stereocenters. The van der Waals surface area contributed by atoms with Crippen LogP contribution in [0.2, 0.25) is 0 Å². The van der Waals surface area contributed by atoms with Crippen molar-refractivity contribution in [2.45, 2.75) is 70.5 Å². The fourth-order valence-corrected chi connectivity index (χ4v) is 2.18. The molecule has 0 saturated heterocycles. The average Bonchev–Trinajstić information content (AvgIpc) is 2.57. The highest BCUT2D eigenvalue weighted by atomic mass is 16.4. The minimum absolute atomic E-state index is 0.571. The molecule has 3 N–H and O–H groups in total. The maximum Gasteiger partial charge on any atom is 0.328 e. The minimum atomic E-state index is -0.946. The highest BCUT2D eigenvalue weighted by Crippen LogP contribution is 2.11. The number of hydrogen-bond acceptors (Lipinski definition) is 3. The minimum Gasteiger partial charge on any atom is -0.478 e. The van der Waals surface area contributed by atoms with Crippen LogP contribution in [0.25, 0.3) is 0 Å². The molecule has 0 aromatic rings. The predicted molar refractivity (Wildman–Crippen MR) is 98.8 cm³/mol. The molecule has 0 radical (unpaired) electrons. The van der Waals surface area contributed by atoms with Crippen LogP contribution in [0.4, 0.5) is 0 Å². The average molecular weight is 336 g/mol. The molecule has 0 aromatic heterocycles. The fraction of sp³-hybridized carbons (Fsp3) is 0.550. The van der Waals surface area contributed by atoms with E-state index in [0.29, 0.717) is 12.8 Å². The van der Waals surface area contributed by atoms with E-state index in [9.17, 15) is 15.0 Å². The van der Waals surface area contributed by atoms with Gasteiger partial charge in [-0.1, -0.05) is 75.1 Å². The first-order chi connectivity index (χ1) is 11.6. The molecule has 24 heavy (non-hydrogen) atoms. The molecule has 0 fully saturated rings. The van der Waals surface area contributed by atoms with Crippen molar-refractivity contribution in [1.29, 1.82) is 0 Å². The van der Waals surface area contributed by atoms with E-state index in [2.05, 4.69) is 6.08 Å². The lowest BCUT2D eigenvalue weighted by Crippen LogP contribution is -2.24. The van der Waals surface area contributed by atoms with Crippen molar-refractivity contribution >= 4 is 5.97 Å². The molecule has 0 aromatic carbocycles. The van der Waals surface area contributed by atoms with Crippen molar-refractivity contribution in [3.8, 4) is 0 Å². The van der Waals surface area contributed by atoms with Gasteiger partial charge in [0.1, 0.15) is 0 Å². The molecule has 0 bridgehead atoms. The molecular weight excluding hydrogens is 304 g/mol. The molecule has 0 saturated carbocycles. The maximum absolute atomic E-state index is 10.2. The summed E-state index contributed by atoms with van der Waals surface area (Å²) < 4.78 is 0. The lowest BCUT2D eigenvalue weighted by atomic mass is 10.0. The summed E-state index contributed by atoms with van der Waals surface area (Å²) in [5.41, 5.74) is 0. The molecule has 0 amide bonds. The third-order valence-electron chi connectivity index (χ3n) is 3.66. The van der Waals surface area contributed by atoms with Crippen LogP contribution in [0.5, 0.6) is 0 Å². The summed E-state index contributed by atoms with van der Waals surface area (Å²) in [6.45, 7) is 1.88. The van der Waals surface area contributed by atoms with E-state index in [1.807, 2.05) is 25.2 Å². The summed E-state index contributed by atoms with van der Waals surface area (Å²) in [6.07, 6.45) is 20.7. The zero-order chi connectivity index (χ0) is 18.0. The number of aliphatic hydroxyl groups excluding tert-OH is 2. The Labute approximate surface area is 145 Å². The van der Waals surface area contributed by atoms with Gasteiger partial charge in [-0.2, -0.15) is 0 Å². The molecule has 4 nitrogen and oxygen atoms in total. The highest BCUT2D eigenvalue weighted by molar-refractivity contribution is 5.80. The van der Waals surface area contributed by atoms with Crippen molar-refractivity contribution in [3.05, 3.63) is 48.6 Å². The van der Waals surface area contributed by atoms with Crippen molar-refractivity contribution in [2.75, 3.05) is 0 Å². The maximum atomic E-state index is 10.2. The summed E-state index contributed by atoms with van der Waals surface area (Å²) in [7, 11) is 0. The van der Waals surface area contributed by atoms with Gasteiger partial charge in [0.25, 0.3) is 0 Å². The lowest BCUT2D eigenvalue weighted by molar-refractivity contribution is -0.131. The van der Waals surface area contributed by atoms with Crippen LogP contribution >= 0.6 is 0 Å². The van der Waals surface area contributed by atoms with Crippen LogP contribution in [0, 0.1) is 0 Å². The zero-order valence-corrected chi connectivity index (χ0v) is 14.7. The first-order valence-electron chi connectivity index (χ1n) is 8.83. The summed E-state index contributed by atoms with van der Waals surface area (Å²) in [5, 5.41) is 27.5. The fourth-order valence-electron chi connectivity index (χ4n) is 2.18. The predicted octanol–water partition coefficient (Wildman–Crippen LogP) is 4.16. The molecule has 0 heterocycles. The van der Waals surface area contributed by atoms with Gasteiger partial charge in [0, 0.05) is 6.08 Å². The molecule has 0 aliphatic rings. The zero-order valence-electron chi connectivity index (χ0n) is 14.7. The normalized spacial score (nSPS) is 15.1. The van der Waals surface area contributed by atoms with Gasteiger partial charge in [-0.15, -0.1) is 0 Å². The Kier molecular flexibility index (Phi) is 15.1. The van der Waals surface area contributed by atoms with Gasteiger partial charge in [-0.25, -0.2) is 4.79 Å². The van der Waals surface area contributed by atoms with Gasteiger partial charge in [0.2, 0.25) is 0 Å². The van der Waals surface area contributed by atoms with E-state index in [0.717, 1.165) is 38.2 Å². The standard InChI is InChI=1S/C20H32O4/c1-2-18(21)19(22)16-14-12-10-8-6-4-3-5-7-9-11-13-15-17-20(23)24/h3,5,7,9,11,13,15,17-19,21-22H,2,4,6,8,10,12,14,16H2,1H3,(H,23,24)/b5-3+,9-7+,13-11+,17-15+. The van der Waals surface area contributed by atoms with Crippen LogP contribution < -0.4 is 0 Å². The third kappa shape index (κ3) is 15.3. The lowest BCUT2D eigenvalue weighted by Gasteiger charge is -2.15. The summed E-state index contributed by atoms with van der Waals surface area (Å²) in [5.74, 6) is -0.946. The monoisotopic (exact) mass is 336 g/mol. The van der Waals surface area contributed by atoms with E-state index in [4.69, 9.17) is 5.11 Å². The highest BCUT2D eigenvalue weighted by Gasteiger charge is 2.12.